The molecular weight excluding hydrogens is 258 g/mol. The molecule has 1 N–H and O–H groups in total. The van der Waals surface area contributed by atoms with Gasteiger partial charge < -0.3 is 0 Å². The van der Waals surface area contributed by atoms with Gasteiger partial charge in [-0.1, -0.05) is 54.1 Å². The number of nitrogens with one attached hydrogen (secondary N) is 1. The van der Waals surface area contributed by atoms with Gasteiger partial charge in [-0.05, 0) is 17.7 Å². The fourth-order valence-corrected chi connectivity index (χ4v) is 2.14. The lowest BCUT2D eigenvalue weighted by Crippen LogP contribution is -1.90. The molecule has 0 fully saturated rings. The van der Waals surface area contributed by atoms with Crippen molar-refractivity contribution in [2.24, 2.45) is 0 Å². The molecule has 0 unspecified atom stereocenters. The van der Waals surface area contributed by atoms with Gasteiger partial charge in [0, 0.05) is 17.0 Å². The van der Waals surface area contributed by atoms with Gasteiger partial charge in [-0.25, -0.2) is 4.98 Å². The maximum Gasteiger partial charge on any atom is 0.181 e. The van der Waals surface area contributed by atoms with E-state index in [0.717, 1.165) is 27.8 Å². The molecule has 3 rings (SSSR count). The third-order valence-corrected chi connectivity index (χ3v) is 3.06. The minimum Gasteiger partial charge on any atom is -0.262 e. The summed E-state index contributed by atoms with van der Waals surface area (Å²) in [6, 6.07) is 17.7. The Hall–Kier alpha value is -2.13. The van der Waals surface area contributed by atoms with Crippen molar-refractivity contribution in [2.75, 3.05) is 0 Å². The molecule has 0 aliphatic carbocycles. The minimum atomic E-state index is 0.695. The van der Waals surface area contributed by atoms with Crippen molar-refractivity contribution in [3.63, 3.8) is 0 Å². The number of aromatic amines is 1. The van der Waals surface area contributed by atoms with E-state index in [-0.39, 0.29) is 0 Å². The Morgan fingerprint density at radius 2 is 1.84 bits per heavy atom. The van der Waals surface area contributed by atoms with Crippen molar-refractivity contribution in [3.05, 3.63) is 71.0 Å². The Morgan fingerprint density at radius 1 is 1.00 bits per heavy atom. The standard InChI is InChI=1S/C15H12ClN3/c16-13-8-4-5-11(9-13)10-14-17-15(19-18-14)12-6-2-1-3-7-12/h1-9H,10H2,(H,17,18,19). The largest absolute Gasteiger partial charge is 0.262 e. The molecule has 4 heteroatoms. The summed E-state index contributed by atoms with van der Waals surface area (Å²) in [5.74, 6) is 1.55. The van der Waals surface area contributed by atoms with Gasteiger partial charge in [0.15, 0.2) is 5.82 Å². The summed E-state index contributed by atoms with van der Waals surface area (Å²) < 4.78 is 0. The van der Waals surface area contributed by atoms with Crippen molar-refractivity contribution >= 4 is 11.6 Å². The van der Waals surface area contributed by atoms with E-state index in [4.69, 9.17) is 11.6 Å². The minimum absolute atomic E-state index is 0.695. The molecule has 0 bridgehead atoms. The predicted octanol–water partition coefficient (Wildman–Crippen LogP) is 3.72. The lowest BCUT2D eigenvalue weighted by Gasteiger charge is -1.98. The molecular formula is C15H12ClN3. The Bertz CT molecular complexity index is 677. The normalized spacial score (nSPS) is 10.6. The third kappa shape index (κ3) is 2.83. The smallest absolute Gasteiger partial charge is 0.181 e. The van der Waals surface area contributed by atoms with Crippen molar-refractivity contribution in [3.8, 4) is 11.4 Å². The van der Waals surface area contributed by atoms with Gasteiger partial charge in [0.1, 0.15) is 5.82 Å². The first kappa shape index (κ1) is 11.9. The number of nitrogens with zero attached hydrogens (tertiary/aromatic N) is 2. The van der Waals surface area contributed by atoms with E-state index in [1.54, 1.807) is 0 Å². The summed E-state index contributed by atoms with van der Waals surface area (Å²) in [7, 11) is 0. The van der Waals surface area contributed by atoms with E-state index in [9.17, 15) is 0 Å². The second kappa shape index (κ2) is 5.24. The number of aromatic nitrogens is 3. The third-order valence-electron chi connectivity index (χ3n) is 2.82. The number of hydrogen-bond acceptors (Lipinski definition) is 2. The molecule has 94 valence electrons. The lowest BCUT2D eigenvalue weighted by atomic mass is 10.1. The Labute approximate surface area is 116 Å². The van der Waals surface area contributed by atoms with Crippen LogP contribution in [0, 0.1) is 0 Å². The molecule has 0 saturated carbocycles. The predicted molar refractivity (Wildman–Crippen MR) is 76.1 cm³/mol. The van der Waals surface area contributed by atoms with Crippen molar-refractivity contribution in [1.29, 1.82) is 0 Å². The second-order valence-electron chi connectivity index (χ2n) is 4.28. The number of halogens is 1. The number of H-pyrrole nitrogens is 1. The fraction of sp³-hybridized carbons (Fsp3) is 0.0667. The van der Waals surface area contributed by atoms with E-state index in [1.165, 1.54) is 0 Å². The summed E-state index contributed by atoms with van der Waals surface area (Å²) >= 11 is 5.97. The highest BCUT2D eigenvalue weighted by Gasteiger charge is 2.06. The number of hydrogen-bond donors (Lipinski definition) is 1. The van der Waals surface area contributed by atoms with Crippen LogP contribution >= 0.6 is 11.6 Å². The van der Waals surface area contributed by atoms with E-state index in [0.29, 0.717) is 6.42 Å². The number of benzene rings is 2. The van der Waals surface area contributed by atoms with Crippen LogP contribution in [0.2, 0.25) is 5.02 Å². The van der Waals surface area contributed by atoms with Gasteiger partial charge in [-0.15, -0.1) is 0 Å². The molecule has 3 aromatic rings. The fourth-order valence-electron chi connectivity index (χ4n) is 1.93. The summed E-state index contributed by atoms with van der Waals surface area (Å²) in [6.45, 7) is 0. The van der Waals surface area contributed by atoms with Crippen LogP contribution in [0.15, 0.2) is 54.6 Å². The SMILES string of the molecule is Clc1cccc(Cc2nc(-c3ccccc3)n[nH]2)c1. The molecule has 1 aromatic heterocycles. The van der Waals surface area contributed by atoms with Crippen LogP contribution in [-0.2, 0) is 6.42 Å². The molecule has 1 heterocycles. The molecule has 19 heavy (non-hydrogen) atoms. The lowest BCUT2D eigenvalue weighted by molar-refractivity contribution is 0.973. The highest BCUT2D eigenvalue weighted by atomic mass is 35.5. The Kier molecular flexibility index (Phi) is 3.29. The van der Waals surface area contributed by atoms with E-state index in [1.807, 2.05) is 54.6 Å². The van der Waals surface area contributed by atoms with Crippen LogP contribution in [0.4, 0.5) is 0 Å². The van der Waals surface area contributed by atoms with Gasteiger partial charge in [-0.3, -0.25) is 5.10 Å². The molecule has 0 aliphatic heterocycles. The van der Waals surface area contributed by atoms with E-state index >= 15 is 0 Å². The van der Waals surface area contributed by atoms with Gasteiger partial charge in [0.25, 0.3) is 0 Å². The topological polar surface area (TPSA) is 41.6 Å². The molecule has 3 nitrogen and oxygen atoms in total. The summed E-state index contributed by atoms with van der Waals surface area (Å²) in [5, 5.41) is 7.94. The summed E-state index contributed by atoms with van der Waals surface area (Å²) in [4.78, 5) is 4.50. The number of rotatable bonds is 3. The molecule has 0 spiro atoms. The first-order valence-electron chi connectivity index (χ1n) is 6.02. The summed E-state index contributed by atoms with van der Waals surface area (Å²) in [5.41, 5.74) is 2.12. The quantitative estimate of drug-likeness (QED) is 0.787. The average Bonchev–Trinajstić information content (AvgIpc) is 2.88. The zero-order valence-electron chi connectivity index (χ0n) is 10.2. The van der Waals surface area contributed by atoms with Gasteiger partial charge in [0.05, 0.1) is 0 Å². The Balaban J connectivity index is 1.82. The first-order chi connectivity index (χ1) is 9.31. The van der Waals surface area contributed by atoms with E-state index < -0.39 is 0 Å². The average molecular weight is 270 g/mol. The van der Waals surface area contributed by atoms with Crippen LogP contribution < -0.4 is 0 Å². The second-order valence-corrected chi connectivity index (χ2v) is 4.71. The molecule has 0 aliphatic rings. The summed E-state index contributed by atoms with van der Waals surface area (Å²) in [6.07, 6.45) is 0.695. The molecule has 2 aromatic carbocycles. The van der Waals surface area contributed by atoms with Gasteiger partial charge >= 0.3 is 0 Å². The van der Waals surface area contributed by atoms with Crippen molar-refractivity contribution in [2.45, 2.75) is 6.42 Å². The zero-order chi connectivity index (χ0) is 13.1. The first-order valence-corrected chi connectivity index (χ1v) is 6.40. The van der Waals surface area contributed by atoms with Crippen LogP contribution in [0.1, 0.15) is 11.4 Å². The van der Waals surface area contributed by atoms with Crippen LogP contribution in [0.25, 0.3) is 11.4 Å². The van der Waals surface area contributed by atoms with Gasteiger partial charge in [-0.2, -0.15) is 5.10 Å². The highest BCUT2D eigenvalue weighted by Crippen LogP contribution is 2.16. The van der Waals surface area contributed by atoms with Crippen molar-refractivity contribution < 1.29 is 0 Å². The monoisotopic (exact) mass is 269 g/mol. The maximum absolute atomic E-state index is 5.97. The van der Waals surface area contributed by atoms with E-state index in [2.05, 4.69) is 15.2 Å². The van der Waals surface area contributed by atoms with Crippen LogP contribution in [0.5, 0.6) is 0 Å². The maximum atomic E-state index is 5.97. The van der Waals surface area contributed by atoms with Crippen LogP contribution in [0.3, 0.4) is 0 Å². The highest BCUT2D eigenvalue weighted by molar-refractivity contribution is 6.30. The molecule has 0 amide bonds. The molecule has 0 saturated heterocycles. The molecule has 0 atom stereocenters. The zero-order valence-corrected chi connectivity index (χ0v) is 10.9. The van der Waals surface area contributed by atoms with Crippen molar-refractivity contribution in [1.82, 2.24) is 15.2 Å². The van der Waals surface area contributed by atoms with Gasteiger partial charge in [0.2, 0.25) is 0 Å². The van der Waals surface area contributed by atoms with Crippen LogP contribution in [-0.4, -0.2) is 15.2 Å². The molecule has 0 radical (unpaired) electrons. The Morgan fingerprint density at radius 3 is 2.63 bits per heavy atom.